The lowest BCUT2D eigenvalue weighted by Crippen LogP contribution is -2.61. The van der Waals surface area contributed by atoms with E-state index >= 15 is 0 Å². The first kappa shape index (κ1) is 64.0. The monoisotopic (exact) mass is 977 g/mol. The van der Waals surface area contributed by atoms with Gasteiger partial charge in [-0.1, -0.05) is 192 Å². The van der Waals surface area contributed by atoms with Crippen LogP contribution in [0.5, 0.6) is 0 Å². The summed E-state index contributed by atoms with van der Waals surface area (Å²) >= 11 is 0. The smallest absolute Gasteiger partial charge is 0.335 e. The van der Waals surface area contributed by atoms with Crippen molar-refractivity contribution in [3.05, 3.63) is 36.5 Å². The van der Waals surface area contributed by atoms with Crippen molar-refractivity contribution in [3.63, 3.8) is 0 Å². The second-order valence-electron chi connectivity index (χ2n) is 19.2. The zero-order valence-electron chi connectivity index (χ0n) is 43.8. The molecular weight excluding hydrogens is 877 g/mol. The summed E-state index contributed by atoms with van der Waals surface area (Å²) in [6, 6.07) is 0. The highest BCUT2D eigenvalue weighted by Gasteiger charge is 2.50. The average Bonchev–Trinajstić information content (AvgIpc) is 3.33. The molecule has 0 bridgehead atoms. The third-order valence-electron chi connectivity index (χ3n) is 12.7. The molecule has 0 aliphatic carbocycles. The van der Waals surface area contributed by atoms with Crippen LogP contribution in [0.2, 0.25) is 0 Å². The van der Waals surface area contributed by atoms with Gasteiger partial charge in [0.1, 0.15) is 18.8 Å². The fraction of sp³-hybridized carbons (Fsp3) is 0.825. The lowest BCUT2D eigenvalue weighted by atomic mass is 9.98. The number of aliphatic hydroxyl groups excluding tert-OH is 2. The molecule has 0 aromatic rings. The molecule has 400 valence electrons. The van der Waals surface area contributed by atoms with E-state index in [-0.39, 0.29) is 25.9 Å². The topological polar surface area (TPSA) is 175 Å². The summed E-state index contributed by atoms with van der Waals surface area (Å²) in [6.07, 6.45) is 39.9. The quantitative estimate of drug-likeness (QED) is 0.0228. The van der Waals surface area contributed by atoms with Crippen molar-refractivity contribution < 1.29 is 58.2 Å². The van der Waals surface area contributed by atoms with Gasteiger partial charge in [0.2, 0.25) is 0 Å². The van der Waals surface area contributed by atoms with Crippen LogP contribution in [0.3, 0.4) is 0 Å². The standard InChI is InChI=1S/C57H100O12/c1-4-7-10-13-16-19-21-23-25-27-29-32-34-37-40-43-49(58)65-46-48(67-50(59)44-41-38-35-31-18-15-12-9-6-3)47-66-57-55(53(62)52(61)54(69-57)56(63)64)68-51(60)45-42-39-36-33-30-28-26-24-22-20-17-14-11-8-5-2/h17,20,23-26,48,52-55,57,61-62H,4-16,18-19,21-22,27-47H2,1-3H3,(H,63,64)/b20-17-,25-23-,26-24-. The normalized spacial score (nSPS) is 18.9. The van der Waals surface area contributed by atoms with Crippen LogP contribution in [0.15, 0.2) is 36.5 Å². The number of carbonyl (C=O) groups is 4. The second kappa shape index (κ2) is 46.0. The zero-order chi connectivity index (χ0) is 50.4. The number of carboxylic acid groups (broad SMARTS) is 1. The van der Waals surface area contributed by atoms with E-state index in [0.717, 1.165) is 103 Å². The maximum atomic E-state index is 13.0. The minimum Gasteiger partial charge on any atom is -0.479 e. The van der Waals surface area contributed by atoms with Crippen LogP contribution in [0.1, 0.15) is 252 Å². The summed E-state index contributed by atoms with van der Waals surface area (Å²) < 4.78 is 28.3. The summed E-state index contributed by atoms with van der Waals surface area (Å²) in [5.41, 5.74) is 0. The van der Waals surface area contributed by atoms with Gasteiger partial charge in [-0.15, -0.1) is 0 Å². The summed E-state index contributed by atoms with van der Waals surface area (Å²) in [5, 5.41) is 31.4. The third-order valence-corrected chi connectivity index (χ3v) is 12.7. The molecule has 0 saturated carbocycles. The number of hydrogen-bond donors (Lipinski definition) is 3. The van der Waals surface area contributed by atoms with Gasteiger partial charge in [0.25, 0.3) is 0 Å². The zero-order valence-corrected chi connectivity index (χ0v) is 43.8. The Balaban J connectivity index is 2.69. The number of carbonyl (C=O) groups excluding carboxylic acids is 3. The molecule has 69 heavy (non-hydrogen) atoms. The minimum absolute atomic E-state index is 0.0463. The van der Waals surface area contributed by atoms with Gasteiger partial charge in [0.15, 0.2) is 24.6 Å². The number of aliphatic hydroxyl groups is 2. The maximum Gasteiger partial charge on any atom is 0.335 e. The summed E-state index contributed by atoms with van der Waals surface area (Å²) in [5.74, 6) is -3.13. The van der Waals surface area contributed by atoms with E-state index < -0.39 is 67.3 Å². The molecule has 1 aliphatic rings. The third kappa shape index (κ3) is 36.5. The van der Waals surface area contributed by atoms with Crippen molar-refractivity contribution in [2.75, 3.05) is 13.2 Å². The van der Waals surface area contributed by atoms with E-state index in [1.165, 1.54) is 89.9 Å². The highest BCUT2D eigenvalue weighted by molar-refractivity contribution is 5.74. The van der Waals surface area contributed by atoms with E-state index in [0.29, 0.717) is 19.3 Å². The van der Waals surface area contributed by atoms with Gasteiger partial charge in [-0.25, -0.2) is 4.79 Å². The van der Waals surface area contributed by atoms with Gasteiger partial charge in [0.05, 0.1) is 6.61 Å². The first-order valence-electron chi connectivity index (χ1n) is 28.0. The van der Waals surface area contributed by atoms with Crippen molar-refractivity contribution in [3.8, 4) is 0 Å². The van der Waals surface area contributed by atoms with E-state index in [2.05, 4.69) is 57.2 Å². The first-order chi connectivity index (χ1) is 33.6. The fourth-order valence-electron chi connectivity index (χ4n) is 8.33. The van der Waals surface area contributed by atoms with Crippen molar-refractivity contribution in [2.45, 2.75) is 289 Å². The van der Waals surface area contributed by atoms with E-state index in [1.54, 1.807) is 0 Å². The van der Waals surface area contributed by atoms with Gasteiger partial charge in [-0.2, -0.15) is 0 Å². The minimum atomic E-state index is -1.90. The number of allylic oxidation sites excluding steroid dienone is 6. The Morgan fingerprint density at radius 1 is 0.478 bits per heavy atom. The molecule has 1 saturated heterocycles. The summed E-state index contributed by atoms with van der Waals surface area (Å²) in [6.45, 7) is 5.92. The van der Waals surface area contributed by atoms with Gasteiger partial charge in [0, 0.05) is 19.3 Å². The molecule has 12 heteroatoms. The van der Waals surface area contributed by atoms with Crippen LogP contribution in [0, 0.1) is 0 Å². The number of unbranched alkanes of at least 4 members (excludes halogenated alkanes) is 27. The predicted octanol–water partition coefficient (Wildman–Crippen LogP) is 13.7. The summed E-state index contributed by atoms with van der Waals surface area (Å²) in [7, 11) is 0. The van der Waals surface area contributed by atoms with Crippen LogP contribution in [0.4, 0.5) is 0 Å². The molecule has 0 spiro atoms. The predicted molar refractivity (Wildman–Crippen MR) is 276 cm³/mol. The van der Waals surface area contributed by atoms with Gasteiger partial charge in [-0.05, 0) is 77.0 Å². The molecule has 0 aromatic heterocycles. The fourth-order valence-corrected chi connectivity index (χ4v) is 8.33. The van der Waals surface area contributed by atoms with Crippen LogP contribution in [0.25, 0.3) is 0 Å². The lowest BCUT2D eigenvalue weighted by molar-refractivity contribution is -0.301. The lowest BCUT2D eigenvalue weighted by Gasteiger charge is -2.40. The SMILES string of the molecule is CCCCC/C=C\C/C=C\CCCCCCCC(=O)OC1C(OCC(COC(=O)CCCCCCC/C=C\CCCCCCCC)OC(=O)CCCCCCCCCCC)OC(C(=O)O)C(O)C1O. The van der Waals surface area contributed by atoms with Crippen molar-refractivity contribution in [2.24, 2.45) is 0 Å². The first-order valence-corrected chi connectivity index (χ1v) is 28.0. The Morgan fingerprint density at radius 2 is 0.870 bits per heavy atom. The Bertz CT molecular complexity index is 1350. The molecule has 1 fully saturated rings. The van der Waals surface area contributed by atoms with Crippen molar-refractivity contribution >= 4 is 23.9 Å². The Kier molecular flexibility index (Phi) is 42.7. The molecule has 0 amide bonds. The second-order valence-corrected chi connectivity index (χ2v) is 19.2. The Hall–Kier alpha value is -3.06. The van der Waals surface area contributed by atoms with Crippen molar-refractivity contribution in [1.82, 2.24) is 0 Å². The molecule has 12 nitrogen and oxygen atoms in total. The van der Waals surface area contributed by atoms with Crippen LogP contribution in [-0.2, 0) is 42.9 Å². The average molecular weight is 977 g/mol. The number of carboxylic acids is 1. The van der Waals surface area contributed by atoms with Gasteiger partial charge < -0.3 is 39.0 Å². The molecule has 0 radical (unpaired) electrons. The molecule has 3 N–H and O–H groups in total. The van der Waals surface area contributed by atoms with Crippen LogP contribution < -0.4 is 0 Å². The maximum absolute atomic E-state index is 13.0. The molecule has 1 rings (SSSR count). The van der Waals surface area contributed by atoms with E-state index in [9.17, 15) is 34.5 Å². The molecule has 1 aliphatic heterocycles. The Morgan fingerprint density at radius 3 is 1.35 bits per heavy atom. The Labute approximate surface area is 419 Å². The van der Waals surface area contributed by atoms with Gasteiger partial charge >= 0.3 is 23.9 Å². The van der Waals surface area contributed by atoms with Gasteiger partial charge in [-0.3, -0.25) is 14.4 Å². The van der Waals surface area contributed by atoms with E-state index in [4.69, 9.17) is 23.7 Å². The molecule has 6 unspecified atom stereocenters. The molecule has 0 aromatic carbocycles. The van der Waals surface area contributed by atoms with Crippen molar-refractivity contribution in [1.29, 1.82) is 0 Å². The highest BCUT2D eigenvalue weighted by Crippen LogP contribution is 2.26. The number of esters is 3. The molecule has 6 atom stereocenters. The van der Waals surface area contributed by atoms with E-state index in [1.807, 2.05) is 0 Å². The highest BCUT2D eigenvalue weighted by atomic mass is 16.7. The summed E-state index contributed by atoms with van der Waals surface area (Å²) in [4.78, 5) is 50.9. The molecular formula is C57H100O12. The van der Waals surface area contributed by atoms with Crippen LogP contribution in [-0.4, -0.2) is 89.2 Å². The molecule has 1 heterocycles. The number of hydrogen-bond acceptors (Lipinski definition) is 11. The number of rotatable bonds is 47. The van der Waals surface area contributed by atoms with Crippen LogP contribution >= 0.6 is 0 Å². The largest absolute Gasteiger partial charge is 0.479 e. The number of ether oxygens (including phenoxy) is 5. The number of aliphatic carboxylic acids is 1.